The highest BCUT2D eigenvalue weighted by molar-refractivity contribution is 6.19. The smallest absolute Gasteiger partial charge is 0.264 e. The zero-order valence-electron chi connectivity index (χ0n) is 10.8. The van der Waals surface area contributed by atoms with E-state index in [0.29, 0.717) is 17.8 Å². The van der Waals surface area contributed by atoms with Crippen molar-refractivity contribution in [3.63, 3.8) is 0 Å². The van der Waals surface area contributed by atoms with Gasteiger partial charge in [0, 0.05) is 12.5 Å². The molecule has 0 saturated carbocycles. The van der Waals surface area contributed by atoms with Crippen LogP contribution in [-0.4, -0.2) is 23.7 Å². The monoisotopic (exact) mass is 259 g/mol. The summed E-state index contributed by atoms with van der Waals surface area (Å²) in [5, 5.41) is 2.67. The summed E-state index contributed by atoms with van der Waals surface area (Å²) in [5.41, 5.74) is 6.46. The predicted molar refractivity (Wildman–Crippen MR) is 72.7 cm³/mol. The minimum atomic E-state index is -0.845. The van der Waals surface area contributed by atoms with Crippen LogP contribution in [0.25, 0.3) is 0 Å². The molecule has 1 aliphatic rings. The molecule has 2 atom stereocenters. The summed E-state index contributed by atoms with van der Waals surface area (Å²) in [5.74, 6) is -1.22. The van der Waals surface area contributed by atoms with E-state index in [9.17, 15) is 9.59 Å². The molecule has 19 heavy (non-hydrogen) atoms. The normalized spacial score (nSPS) is 20.7. The average molecular weight is 259 g/mol. The number of carbonyl (C=O) groups excluding carboxylic acids is 2. The Morgan fingerprint density at radius 1 is 1.32 bits per heavy atom. The van der Waals surface area contributed by atoms with Crippen LogP contribution in [0.15, 0.2) is 35.3 Å². The van der Waals surface area contributed by atoms with E-state index in [1.54, 1.807) is 24.3 Å². The van der Waals surface area contributed by atoms with Crippen LogP contribution in [0, 0.1) is 0 Å². The van der Waals surface area contributed by atoms with Gasteiger partial charge in [0.25, 0.3) is 5.91 Å². The van der Waals surface area contributed by atoms with Gasteiger partial charge in [-0.15, -0.1) is 0 Å². The van der Waals surface area contributed by atoms with Crippen LogP contribution >= 0.6 is 0 Å². The van der Waals surface area contributed by atoms with Crippen molar-refractivity contribution in [3.8, 4) is 0 Å². The zero-order chi connectivity index (χ0) is 13.8. The molecule has 1 heterocycles. The predicted octanol–water partition coefficient (Wildman–Crippen LogP) is 0.953. The molecule has 2 unspecified atom stereocenters. The largest absolute Gasteiger partial charge is 0.327 e. The van der Waals surface area contributed by atoms with Gasteiger partial charge in [-0.25, -0.2) is 0 Å². The number of rotatable bonds is 4. The van der Waals surface area contributed by atoms with E-state index in [4.69, 9.17) is 5.73 Å². The van der Waals surface area contributed by atoms with Crippen molar-refractivity contribution in [1.29, 1.82) is 0 Å². The Morgan fingerprint density at radius 2 is 2.00 bits per heavy atom. The Balaban J connectivity index is 2.19. The molecule has 2 rings (SSSR count). The lowest BCUT2D eigenvalue weighted by molar-refractivity contribution is -0.129. The lowest BCUT2D eigenvalue weighted by Gasteiger charge is -2.21. The molecule has 0 saturated heterocycles. The molecule has 0 aromatic heterocycles. The molecule has 0 fully saturated rings. The van der Waals surface area contributed by atoms with E-state index in [0.717, 1.165) is 6.42 Å². The molecule has 1 aromatic rings. The van der Waals surface area contributed by atoms with Crippen molar-refractivity contribution in [2.75, 3.05) is 0 Å². The number of aliphatic imine (C=N–C) groups is 1. The van der Waals surface area contributed by atoms with E-state index < -0.39 is 11.8 Å². The van der Waals surface area contributed by atoms with Crippen molar-refractivity contribution in [3.05, 3.63) is 35.9 Å². The first-order chi connectivity index (χ1) is 9.11. The van der Waals surface area contributed by atoms with E-state index in [-0.39, 0.29) is 11.9 Å². The highest BCUT2D eigenvalue weighted by Gasteiger charge is 2.33. The second kappa shape index (κ2) is 5.75. The molecule has 100 valence electrons. The SMILES string of the molecule is CCC(N)CC1=NC(=O)C(c2ccccc2)C(=O)N1. The number of nitrogens with two attached hydrogens (primary N) is 1. The summed E-state index contributed by atoms with van der Waals surface area (Å²) < 4.78 is 0. The molecule has 5 nitrogen and oxygen atoms in total. The van der Waals surface area contributed by atoms with Gasteiger partial charge in [-0.3, -0.25) is 9.59 Å². The Bertz CT molecular complexity index is 511. The van der Waals surface area contributed by atoms with E-state index in [1.165, 1.54) is 0 Å². The van der Waals surface area contributed by atoms with E-state index in [2.05, 4.69) is 10.3 Å². The maximum atomic E-state index is 12.0. The third kappa shape index (κ3) is 3.06. The van der Waals surface area contributed by atoms with Crippen molar-refractivity contribution in [1.82, 2.24) is 5.32 Å². The summed E-state index contributed by atoms with van der Waals surface area (Å²) >= 11 is 0. The minimum Gasteiger partial charge on any atom is -0.327 e. The molecule has 0 aliphatic carbocycles. The standard InChI is InChI=1S/C14H17N3O2/c1-2-10(15)8-11-16-13(18)12(14(19)17-11)9-6-4-3-5-7-9/h3-7,10,12H,2,8,15H2,1H3,(H,16,17,18,19). The maximum Gasteiger partial charge on any atom is 0.264 e. The molecule has 1 aliphatic heterocycles. The zero-order valence-corrected chi connectivity index (χ0v) is 10.8. The number of hydrogen-bond acceptors (Lipinski definition) is 3. The van der Waals surface area contributed by atoms with E-state index in [1.807, 2.05) is 13.0 Å². The number of carbonyl (C=O) groups is 2. The molecule has 1 aromatic carbocycles. The summed E-state index contributed by atoms with van der Waals surface area (Å²) in [4.78, 5) is 28.0. The van der Waals surface area contributed by atoms with Crippen LogP contribution in [0.5, 0.6) is 0 Å². The number of amides is 2. The Hall–Kier alpha value is -2.01. The van der Waals surface area contributed by atoms with Gasteiger partial charge < -0.3 is 11.1 Å². The molecular formula is C14H17N3O2. The quantitative estimate of drug-likeness (QED) is 0.790. The number of nitrogens with zero attached hydrogens (tertiary/aromatic N) is 1. The second-order valence-electron chi connectivity index (χ2n) is 4.60. The Morgan fingerprint density at radius 3 is 2.58 bits per heavy atom. The van der Waals surface area contributed by atoms with Crippen LogP contribution < -0.4 is 11.1 Å². The number of hydrogen-bond donors (Lipinski definition) is 2. The van der Waals surface area contributed by atoms with Crippen LogP contribution in [-0.2, 0) is 9.59 Å². The fraction of sp³-hybridized carbons (Fsp3) is 0.357. The molecule has 2 amide bonds. The molecule has 0 spiro atoms. The Kier molecular flexibility index (Phi) is 4.06. The first kappa shape index (κ1) is 13.4. The molecule has 0 bridgehead atoms. The Labute approximate surface area is 111 Å². The number of amidine groups is 1. The number of benzene rings is 1. The highest BCUT2D eigenvalue weighted by atomic mass is 16.2. The third-order valence-corrected chi connectivity index (χ3v) is 3.13. The molecule has 0 radical (unpaired) electrons. The minimum absolute atomic E-state index is 0.0971. The van der Waals surface area contributed by atoms with Gasteiger partial charge in [-0.2, -0.15) is 4.99 Å². The van der Waals surface area contributed by atoms with Crippen LogP contribution in [0.3, 0.4) is 0 Å². The van der Waals surface area contributed by atoms with Gasteiger partial charge in [-0.1, -0.05) is 37.3 Å². The average Bonchev–Trinajstić information content (AvgIpc) is 2.39. The van der Waals surface area contributed by atoms with Crippen LogP contribution in [0.1, 0.15) is 31.2 Å². The summed E-state index contributed by atoms with van der Waals surface area (Å²) in [6, 6.07) is 8.83. The van der Waals surface area contributed by atoms with E-state index >= 15 is 0 Å². The molecule has 5 heteroatoms. The van der Waals surface area contributed by atoms with Gasteiger partial charge in [0.05, 0.1) is 0 Å². The summed E-state index contributed by atoms with van der Waals surface area (Å²) in [6.45, 7) is 1.95. The summed E-state index contributed by atoms with van der Waals surface area (Å²) in [7, 11) is 0. The number of nitrogens with one attached hydrogen (secondary N) is 1. The molecule has 3 N–H and O–H groups in total. The van der Waals surface area contributed by atoms with Crippen molar-refractivity contribution < 1.29 is 9.59 Å². The van der Waals surface area contributed by atoms with Crippen molar-refractivity contribution in [2.45, 2.75) is 31.7 Å². The van der Waals surface area contributed by atoms with Gasteiger partial charge >= 0.3 is 0 Å². The fourth-order valence-electron chi connectivity index (χ4n) is 1.98. The summed E-state index contributed by atoms with van der Waals surface area (Å²) in [6.07, 6.45) is 1.18. The van der Waals surface area contributed by atoms with Crippen molar-refractivity contribution >= 4 is 17.6 Å². The first-order valence-corrected chi connectivity index (χ1v) is 6.34. The van der Waals surface area contributed by atoms with Crippen LogP contribution in [0.2, 0.25) is 0 Å². The fourth-order valence-corrected chi connectivity index (χ4v) is 1.98. The van der Waals surface area contributed by atoms with Gasteiger partial charge in [0.15, 0.2) is 0 Å². The lowest BCUT2D eigenvalue weighted by Crippen LogP contribution is -2.44. The van der Waals surface area contributed by atoms with Gasteiger partial charge in [-0.05, 0) is 12.0 Å². The van der Waals surface area contributed by atoms with Gasteiger partial charge in [0.2, 0.25) is 5.91 Å². The topological polar surface area (TPSA) is 84.5 Å². The van der Waals surface area contributed by atoms with Crippen LogP contribution in [0.4, 0.5) is 0 Å². The molecular weight excluding hydrogens is 242 g/mol. The third-order valence-electron chi connectivity index (χ3n) is 3.13. The maximum absolute atomic E-state index is 12.0. The lowest BCUT2D eigenvalue weighted by atomic mass is 9.96. The first-order valence-electron chi connectivity index (χ1n) is 6.34. The van der Waals surface area contributed by atoms with Crippen molar-refractivity contribution in [2.24, 2.45) is 10.7 Å². The second-order valence-corrected chi connectivity index (χ2v) is 4.60. The van der Waals surface area contributed by atoms with Gasteiger partial charge in [0.1, 0.15) is 11.8 Å². The highest BCUT2D eigenvalue weighted by Crippen LogP contribution is 2.20.